The number of rotatable bonds is 3. The molecule has 4 nitrogen and oxygen atoms in total. The number of thiophene rings is 1. The highest BCUT2D eigenvalue weighted by Crippen LogP contribution is 2.30. The van der Waals surface area contributed by atoms with Crippen molar-refractivity contribution in [3.63, 3.8) is 0 Å². The fourth-order valence-electron chi connectivity index (χ4n) is 2.84. The normalized spacial score (nSPS) is 18.3. The first-order valence-corrected chi connectivity index (χ1v) is 7.40. The molecule has 1 aliphatic rings. The Morgan fingerprint density at radius 1 is 1.63 bits per heavy atom. The van der Waals surface area contributed by atoms with Gasteiger partial charge in [-0.2, -0.15) is 0 Å². The van der Waals surface area contributed by atoms with Crippen LogP contribution in [0.25, 0.3) is 0 Å². The second-order valence-electron chi connectivity index (χ2n) is 5.00. The summed E-state index contributed by atoms with van der Waals surface area (Å²) in [6.45, 7) is 2.15. The summed E-state index contributed by atoms with van der Waals surface area (Å²) in [5, 5.41) is 11.3. The molecule has 0 fully saturated rings. The largest absolute Gasteiger partial charge is 0.476 e. The van der Waals surface area contributed by atoms with E-state index < -0.39 is 5.97 Å². The zero-order valence-corrected chi connectivity index (χ0v) is 11.6. The predicted octanol–water partition coefficient (Wildman–Crippen LogP) is 3.13. The molecule has 2 aromatic rings. The van der Waals surface area contributed by atoms with Crippen LogP contribution in [0, 0.1) is 0 Å². The van der Waals surface area contributed by atoms with Crippen molar-refractivity contribution in [3.8, 4) is 0 Å². The Kier molecular flexibility index (Phi) is 3.14. The van der Waals surface area contributed by atoms with Crippen LogP contribution < -0.4 is 0 Å². The minimum Gasteiger partial charge on any atom is -0.476 e. The smallest absolute Gasteiger partial charge is 0.356 e. The molecule has 2 aromatic heterocycles. The van der Waals surface area contributed by atoms with Crippen molar-refractivity contribution in [2.24, 2.45) is 0 Å². The van der Waals surface area contributed by atoms with Gasteiger partial charge in [0.25, 0.3) is 0 Å². The van der Waals surface area contributed by atoms with Gasteiger partial charge in [0.1, 0.15) is 5.82 Å². The lowest BCUT2D eigenvalue weighted by atomic mass is 10.0. The maximum atomic E-state index is 11.3. The van der Waals surface area contributed by atoms with Crippen LogP contribution in [0.1, 0.15) is 52.7 Å². The number of aromatic nitrogens is 2. The maximum Gasteiger partial charge on any atom is 0.356 e. The van der Waals surface area contributed by atoms with E-state index in [1.807, 2.05) is 11.4 Å². The molecule has 19 heavy (non-hydrogen) atoms. The van der Waals surface area contributed by atoms with E-state index in [9.17, 15) is 9.90 Å². The molecule has 1 N–H and O–H groups in total. The molecule has 100 valence electrons. The van der Waals surface area contributed by atoms with E-state index in [0.717, 1.165) is 37.2 Å². The molecule has 3 heterocycles. The maximum absolute atomic E-state index is 11.3. The first-order chi connectivity index (χ1) is 9.16. The average Bonchev–Trinajstić information content (AvgIpc) is 2.98. The quantitative estimate of drug-likeness (QED) is 0.937. The average molecular weight is 276 g/mol. The molecule has 5 heteroatoms. The highest BCUT2D eigenvalue weighted by molar-refractivity contribution is 7.09. The fraction of sp³-hybridized carbons (Fsp3) is 0.429. The second-order valence-corrected chi connectivity index (χ2v) is 6.03. The Labute approximate surface area is 115 Å². The van der Waals surface area contributed by atoms with Crippen molar-refractivity contribution in [1.29, 1.82) is 0 Å². The Hall–Kier alpha value is -1.62. The number of carboxylic acid groups (broad SMARTS) is 1. The van der Waals surface area contributed by atoms with E-state index >= 15 is 0 Å². The Morgan fingerprint density at radius 2 is 2.47 bits per heavy atom. The highest BCUT2D eigenvalue weighted by Gasteiger charge is 2.27. The summed E-state index contributed by atoms with van der Waals surface area (Å²) < 4.78 is 2.15. The highest BCUT2D eigenvalue weighted by atomic mass is 32.1. The standard InChI is InChI=1S/C14H16N2O2S/c1-9-4-2-6-11-13(14(17)18)15-12(16(9)11)8-10-5-3-7-19-10/h3,5,7,9H,2,4,6,8H2,1H3,(H,17,18). The predicted molar refractivity (Wildman–Crippen MR) is 74.0 cm³/mol. The van der Waals surface area contributed by atoms with Gasteiger partial charge in [0.15, 0.2) is 5.69 Å². The van der Waals surface area contributed by atoms with Gasteiger partial charge in [-0.3, -0.25) is 0 Å². The van der Waals surface area contributed by atoms with Crippen LogP contribution in [0.3, 0.4) is 0 Å². The number of imidazole rings is 1. The van der Waals surface area contributed by atoms with Crippen molar-refractivity contribution in [1.82, 2.24) is 9.55 Å². The van der Waals surface area contributed by atoms with Crippen molar-refractivity contribution >= 4 is 17.3 Å². The minimum atomic E-state index is -0.907. The van der Waals surface area contributed by atoms with E-state index in [1.54, 1.807) is 11.3 Å². The zero-order valence-electron chi connectivity index (χ0n) is 10.8. The SMILES string of the molecule is CC1CCCc2c(C(=O)O)nc(Cc3cccs3)n21. The molecule has 0 radical (unpaired) electrons. The Morgan fingerprint density at radius 3 is 3.16 bits per heavy atom. The molecule has 1 unspecified atom stereocenters. The van der Waals surface area contributed by atoms with Crippen LogP contribution >= 0.6 is 11.3 Å². The molecule has 0 aromatic carbocycles. The van der Waals surface area contributed by atoms with Gasteiger partial charge in [-0.15, -0.1) is 11.3 Å². The lowest BCUT2D eigenvalue weighted by molar-refractivity contribution is 0.0689. The van der Waals surface area contributed by atoms with E-state index in [1.165, 1.54) is 4.88 Å². The summed E-state index contributed by atoms with van der Waals surface area (Å²) in [7, 11) is 0. The molecule has 0 amide bonds. The van der Waals surface area contributed by atoms with Gasteiger partial charge >= 0.3 is 5.97 Å². The van der Waals surface area contributed by atoms with Crippen LogP contribution in [0.5, 0.6) is 0 Å². The van der Waals surface area contributed by atoms with E-state index in [2.05, 4.69) is 22.5 Å². The Balaban J connectivity index is 2.06. The third-order valence-corrected chi connectivity index (χ3v) is 4.55. The molecular weight excluding hydrogens is 260 g/mol. The van der Waals surface area contributed by atoms with E-state index in [-0.39, 0.29) is 5.69 Å². The van der Waals surface area contributed by atoms with Crippen molar-refractivity contribution in [3.05, 3.63) is 39.6 Å². The summed E-state index contributed by atoms with van der Waals surface area (Å²) in [4.78, 5) is 16.9. The molecule has 3 rings (SSSR count). The number of hydrogen-bond donors (Lipinski definition) is 1. The molecule has 0 bridgehead atoms. The number of carbonyl (C=O) groups is 1. The molecule has 1 atom stereocenters. The first-order valence-electron chi connectivity index (χ1n) is 6.52. The topological polar surface area (TPSA) is 55.1 Å². The van der Waals surface area contributed by atoms with E-state index in [4.69, 9.17) is 0 Å². The number of nitrogens with zero attached hydrogens (tertiary/aromatic N) is 2. The van der Waals surface area contributed by atoms with Gasteiger partial charge < -0.3 is 9.67 Å². The van der Waals surface area contributed by atoms with Crippen molar-refractivity contribution in [2.45, 2.75) is 38.6 Å². The van der Waals surface area contributed by atoms with Gasteiger partial charge in [-0.05, 0) is 37.6 Å². The molecule has 0 spiro atoms. The number of hydrogen-bond acceptors (Lipinski definition) is 3. The van der Waals surface area contributed by atoms with Gasteiger partial charge in [0, 0.05) is 17.3 Å². The third-order valence-electron chi connectivity index (χ3n) is 3.67. The lowest BCUT2D eigenvalue weighted by Gasteiger charge is -2.24. The summed E-state index contributed by atoms with van der Waals surface area (Å²) in [5.41, 5.74) is 1.15. The Bertz CT molecular complexity index is 601. The summed E-state index contributed by atoms with van der Waals surface area (Å²) >= 11 is 1.69. The van der Waals surface area contributed by atoms with Crippen molar-refractivity contribution in [2.75, 3.05) is 0 Å². The lowest BCUT2D eigenvalue weighted by Crippen LogP contribution is -2.18. The minimum absolute atomic E-state index is 0.248. The molecule has 0 saturated carbocycles. The van der Waals surface area contributed by atoms with Gasteiger partial charge in [-0.25, -0.2) is 9.78 Å². The van der Waals surface area contributed by atoms with Gasteiger partial charge in [-0.1, -0.05) is 6.07 Å². The van der Waals surface area contributed by atoms with Gasteiger partial charge in [0.2, 0.25) is 0 Å². The summed E-state index contributed by atoms with van der Waals surface area (Å²) in [6, 6.07) is 4.43. The zero-order chi connectivity index (χ0) is 13.4. The molecule has 1 aliphatic heterocycles. The number of fused-ring (bicyclic) bond motifs is 1. The first kappa shape index (κ1) is 12.4. The van der Waals surface area contributed by atoms with Crippen LogP contribution in [-0.4, -0.2) is 20.6 Å². The van der Waals surface area contributed by atoms with E-state index in [0.29, 0.717) is 6.04 Å². The fourth-order valence-corrected chi connectivity index (χ4v) is 3.54. The monoisotopic (exact) mass is 276 g/mol. The summed E-state index contributed by atoms with van der Waals surface area (Å²) in [5.74, 6) is -0.0164. The van der Waals surface area contributed by atoms with Gasteiger partial charge in [0.05, 0.1) is 5.69 Å². The second kappa shape index (κ2) is 4.81. The third kappa shape index (κ3) is 2.18. The van der Waals surface area contributed by atoms with Crippen LogP contribution in [0.4, 0.5) is 0 Å². The van der Waals surface area contributed by atoms with Crippen LogP contribution in [-0.2, 0) is 12.8 Å². The molecule has 0 saturated heterocycles. The van der Waals surface area contributed by atoms with Crippen LogP contribution in [0.2, 0.25) is 0 Å². The summed E-state index contributed by atoms with van der Waals surface area (Å²) in [6.07, 6.45) is 3.69. The number of aromatic carboxylic acids is 1. The molecular formula is C14H16N2O2S. The number of carboxylic acids is 1. The molecule has 0 aliphatic carbocycles. The van der Waals surface area contributed by atoms with Crippen LogP contribution in [0.15, 0.2) is 17.5 Å². The van der Waals surface area contributed by atoms with Crippen molar-refractivity contribution < 1.29 is 9.90 Å².